The van der Waals surface area contributed by atoms with Crippen LogP contribution in [0.1, 0.15) is 54.2 Å². The lowest BCUT2D eigenvalue weighted by atomic mass is 9.86. The summed E-state index contributed by atoms with van der Waals surface area (Å²) in [4.78, 5) is 16.0. The first-order valence-corrected chi connectivity index (χ1v) is 13.0. The number of para-hydroxylation sites is 2. The van der Waals surface area contributed by atoms with Crippen LogP contribution in [0.25, 0.3) is 0 Å². The number of carbonyl (C=O) groups excluding carboxylic acids is 1. The topological polar surface area (TPSA) is 41.6 Å². The molecule has 1 aliphatic rings. The maximum Gasteiger partial charge on any atom is 0.260 e. The number of anilines is 2. The highest BCUT2D eigenvalue weighted by atomic mass is 16.5. The maximum absolute atomic E-state index is 14.2. The van der Waals surface area contributed by atoms with E-state index in [-0.39, 0.29) is 11.3 Å². The summed E-state index contributed by atoms with van der Waals surface area (Å²) in [5, 5.41) is 3.48. The average Bonchev–Trinajstić information content (AvgIpc) is 2.91. The van der Waals surface area contributed by atoms with Gasteiger partial charge in [-0.2, -0.15) is 0 Å². The molecule has 188 valence electrons. The molecule has 4 aromatic carbocycles. The molecule has 0 unspecified atom stereocenters. The fraction of sp³-hybridized carbons (Fsp3) is 0.242. The molecule has 1 amide bonds. The highest BCUT2D eigenvalue weighted by molar-refractivity contribution is 6.10. The van der Waals surface area contributed by atoms with Crippen molar-refractivity contribution < 1.29 is 9.53 Å². The summed E-state index contributed by atoms with van der Waals surface area (Å²) in [5.41, 5.74) is 6.09. The van der Waals surface area contributed by atoms with E-state index in [2.05, 4.69) is 56.4 Å². The van der Waals surface area contributed by atoms with E-state index in [0.717, 1.165) is 42.1 Å². The van der Waals surface area contributed by atoms with E-state index < -0.39 is 0 Å². The van der Waals surface area contributed by atoms with Crippen LogP contribution in [-0.2, 0) is 18.4 Å². The SMILES string of the molecule is CC(C)(C)c1ccc(CN(C(=O)c2cccc3c2NCCC3)c2cccc(Oc3ccccc3)c2)cc1. The molecule has 1 N–H and O–H groups in total. The van der Waals surface area contributed by atoms with Crippen LogP contribution >= 0.6 is 0 Å². The number of nitrogens with zero attached hydrogens (tertiary/aromatic N) is 1. The lowest BCUT2D eigenvalue weighted by Gasteiger charge is -2.27. The number of nitrogens with one attached hydrogen (secondary N) is 1. The van der Waals surface area contributed by atoms with Gasteiger partial charge in [-0.3, -0.25) is 4.79 Å². The van der Waals surface area contributed by atoms with Crippen molar-refractivity contribution in [1.29, 1.82) is 0 Å². The number of aryl methyl sites for hydroxylation is 1. The number of hydrogen-bond acceptors (Lipinski definition) is 3. The first kappa shape index (κ1) is 24.6. The second-order valence-corrected chi connectivity index (χ2v) is 10.6. The molecule has 0 aliphatic carbocycles. The molecular formula is C33H34N2O2. The predicted molar refractivity (Wildman–Crippen MR) is 152 cm³/mol. The van der Waals surface area contributed by atoms with Gasteiger partial charge in [-0.05, 0) is 65.3 Å². The zero-order chi connectivity index (χ0) is 25.8. The zero-order valence-corrected chi connectivity index (χ0v) is 21.8. The van der Waals surface area contributed by atoms with Crippen molar-refractivity contribution in [3.63, 3.8) is 0 Å². The Morgan fingerprint density at radius 2 is 1.59 bits per heavy atom. The lowest BCUT2D eigenvalue weighted by molar-refractivity contribution is 0.0985. The third kappa shape index (κ3) is 5.69. The minimum absolute atomic E-state index is 0.0250. The van der Waals surface area contributed by atoms with E-state index in [4.69, 9.17) is 4.74 Å². The monoisotopic (exact) mass is 490 g/mol. The molecule has 4 aromatic rings. The van der Waals surface area contributed by atoms with Crippen molar-refractivity contribution in [2.75, 3.05) is 16.8 Å². The summed E-state index contributed by atoms with van der Waals surface area (Å²) in [5.74, 6) is 1.43. The summed E-state index contributed by atoms with van der Waals surface area (Å²) in [6.07, 6.45) is 2.06. The van der Waals surface area contributed by atoms with Gasteiger partial charge >= 0.3 is 0 Å². The fourth-order valence-corrected chi connectivity index (χ4v) is 4.75. The molecule has 1 aliphatic heterocycles. The van der Waals surface area contributed by atoms with Crippen molar-refractivity contribution >= 4 is 17.3 Å². The Kier molecular flexibility index (Phi) is 7.00. The quantitative estimate of drug-likeness (QED) is 0.298. The first-order valence-electron chi connectivity index (χ1n) is 13.0. The Labute approximate surface area is 219 Å². The largest absolute Gasteiger partial charge is 0.457 e. The Balaban J connectivity index is 1.51. The average molecular weight is 491 g/mol. The van der Waals surface area contributed by atoms with Gasteiger partial charge in [0.2, 0.25) is 0 Å². The highest BCUT2D eigenvalue weighted by Crippen LogP contribution is 2.32. The smallest absolute Gasteiger partial charge is 0.260 e. The van der Waals surface area contributed by atoms with Crippen LogP contribution in [0, 0.1) is 0 Å². The van der Waals surface area contributed by atoms with E-state index in [1.54, 1.807) is 0 Å². The van der Waals surface area contributed by atoms with Gasteiger partial charge in [-0.1, -0.05) is 81.4 Å². The van der Waals surface area contributed by atoms with Crippen molar-refractivity contribution in [3.8, 4) is 11.5 Å². The summed E-state index contributed by atoms with van der Waals surface area (Å²) in [6, 6.07) is 32.1. The van der Waals surface area contributed by atoms with Crippen LogP contribution in [0.4, 0.5) is 11.4 Å². The number of rotatable bonds is 6. The standard InChI is InChI=1S/C33H34N2O2/c1-33(2,3)26-19-17-24(18-20-26)23-35(32(36)30-16-7-10-25-11-9-21-34-31(25)30)27-12-8-15-29(22-27)37-28-13-5-4-6-14-28/h4-8,10,12-20,22,34H,9,11,21,23H2,1-3H3. The summed E-state index contributed by atoms with van der Waals surface area (Å²) in [7, 11) is 0. The Morgan fingerprint density at radius 1 is 0.865 bits per heavy atom. The van der Waals surface area contributed by atoms with E-state index >= 15 is 0 Å². The molecule has 37 heavy (non-hydrogen) atoms. The third-order valence-corrected chi connectivity index (χ3v) is 6.82. The molecule has 4 heteroatoms. The van der Waals surface area contributed by atoms with Crippen molar-refractivity contribution in [3.05, 3.63) is 119 Å². The van der Waals surface area contributed by atoms with E-state index in [1.807, 2.05) is 71.6 Å². The predicted octanol–water partition coefficient (Wildman–Crippen LogP) is 7.98. The molecule has 0 saturated carbocycles. The van der Waals surface area contributed by atoms with Crippen molar-refractivity contribution in [2.24, 2.45) is 0 Å². The third-order valence-electron chi connectivity index (χ3n) is 6.82. The molecule has 5 rings (SSSR count). The van der Waals surface area contributed by atoms with Gasteiger partial charge in [0.15, 0.2) is 0 Å². The number of benzene rings is 4. The van der Waals surface area contributed by atoms with Gasteiger partial charge in [-0.15, -0.1) is 0 Å². The maximum atomic E-state index is 14.2. The van der Waals surface area contributed by atoms with Crippen molar-refractivity contribution in [2.45, 2.75) is 45.6 Å². The normalized spacial score (nSPS) is 12.8. The number of amides is 1. The van der Waals surface area contributed by atoms with E-state index in [0.29, 0.717) is 17.9 Å². The summed E-state index contributed by atoms with van der Waals surface area (Å²) < 4.78 is 6.10. The van der Waals surface area contributed by atoms with Gasteiger partial charge < -0.3 is 15.0 Å². The van der Waals surface area contributed by atoms with Crippen LogP contribution in [0.15, 0.2) is 97.1 Å². The lowest BCUT2D eigenvalue weighted by Crippen LogP contribution is -2.32. The molecule has 0 radical (unpaired) electrons. The molecule has 4 nitrogen and oxygen atoms in total. The van der Waals surface area contributed by atoms with Gasteiger partial charge in [-0.25, -0.2) is 0 Å². The Morgan fingerprint density at radius 3 is 2.35 bits per heavy atom. The molecule has 0 saturated heterocycles. The summed E-state index contributed by atoms with van der Waals surface area (Å²) >= 11 is 0. The van der Waals surface area contributed by atoms with Gasteiger partial charge in [0.05, 0.1) is 17.8 Å². The number of hydrogen-bond donors (Lipinski definition) is 1. The van der Waals surface area contributed by atoms with Crippen LogP contribution in [0.3, 0.4) is 0 Å². The molecule has 1 heterocycles. The second kappa shape index (κ2) is 10.5. The minimum Gasteiger partial charge on any atom is -0.457 e. The zero-order valence-electron chi connectivity index (χ0n) is 21.8. The van der Waals surface area contributed by atoms with Gasteiger partial charge in [0.1, 0.15) is 11.5 Å². The Hall–Kier alpha value is -4.05. The van der Waals surface area contributed by atoms with Crippen LogP contribution in [0.2, 0.25) is 0 Å². The van der Waals surface area contributed by atoms with Crippen LogP contribution < -0.4 is 15.0 Å². The molecule has 0 atom stereocenters. The summed E-state index contributed by atoms with van der Waals surface area (Å²) in [6.45, 7) is 7.97. The van der Waals surface area contributed by atoms with Gasteiger partial charge in [0.25, 0.3) is 5.91 Å². The molecule has 0 fully saturated rings. The van der Waals surface area contributed by atoms with Crippen molar-refractivity contribution in [1.82, 2.24) is 0 Å². The molecule has 0 bridgehead atoms. The molecule has 0 spiro atoms. The van der Waals surface area contributed by atoms with E-state index in [1.165, 1.54) is 11.1 Å². The minimum atomic E-state index is -0.0250. The first-order chi connectivity index (χ1) is 17.9. The highest BCUT2D eigenvalue weighted by Gasteiger charge is 2.24. The second-order valence-electron chi connectivity index (χ2n) is 10.6. The van der Waals surface area contributed by atoms with Crippen LogP contribution in [0.5, 0.6) is 11.5 Å². The number of ether oxygens (including phenoxy) is 1. The van der Waals surface area contributed by atoms with Gasteiger partial charge in [0, 0.05) is 18.3 Å². The number of carbonyl (C=O) groups is 1. The Bertz CT molecular complexity index is 1370. The molecule has 0 aromatic heterocycles. The fourth-order valence-electron chi connectivity index (χ4n) is 4.75. The van der Waals surface area contributed by atoms with E-state index in [9.17, 15) is 4.79 Å². The van der Waals surface area contributed by atoms with Crippen LogP contribution in [-0.4, -0.2) is 12.5 Å². The molecular weight excluding hydrogens is 456 g/mol. The number of fused-ring (bicyclic) bond motifs is 1.